The molecule has 0 aliphatic carbocycles. The number of nitrogens with one attached hydrogen (secondary N) is 3. The number of halogens is 1. The molecule has 140 valence electrons. The summed E-state index contributed by atoms with van der Waals surface area (Å²) in [4.78, 5) is 16.1. The fourth-order valence-electron chi connectivity index (χ4n) is 1.91. The summed E-state index contributed by atoms with van der Waals surface area (Å²) in [6, 6.07) is 6.78. The Morgan fingerprint density at radius 1 is 1.04 bits per heavy atom. The van der Waals surface area contributed by atoms with Crippen LogP contribution in [0.15, 0.2) is 29.3 Å². The maximum Gasteiger partial charge on any atom is 0.251 e. The van der Waals surface area contributed by atoms with Crippen LogP contribution in [0, 0.1) is 0 Å². The van der Waals surface area contributed by atoms with Gasteiger partial charge in [0, 0.05) is 51.0 Å². The van der Waals surface area contributed by atoms with Crippen molar-refractivity contribution < 1.29 is 14.3 Å². The van der Waals surface area contributed by atoms with E-state index in [9.17, 15) is 4.79 Å². The molecule has 0 aromatic heterocycles. The highest BCUT2D eigenvalue weighted by Gasteiger charge is 2.04. The molecule has 1 amide bonds. The quantitative estimate of drug-likeness (QED) is 0.310. The smallest absolute Gasteiger partial charge is 0.251 e. The number of guanidine groups is 1. The summed E-state index contributed by atoms with van der Waals surface area (Å²) < 4.78 is 10.3. The lowest BCUT2D eigenvalue weighted by Crippen LogP contribution is -2.42. The molecule has 0 spiro atoms. The molecular weight excluding hydrogens is 344 g/mol. The van der Waals surface area contributed by atoms with Crippen LogP contribution in [0.2, 0.25) is 5.02 Å². The van der Waals surface area contributed by atoms with Crippen LogP contribution < -0.4 is 16.0 Å². The Labute approximate surface area is 154 Å². The maximum atomic E-state index is 11.9. The van der Waals surface area contributed by atoms with Gasteiger partial charge in [-0.1, -0.05) is 11.6 Å². The first kappa shape index (κ1) is 21.2. The van der Waals surface area contributed by atoms with E-state index >= 15 is 0 Å². The van der Waals surface area contributed by atoms with E-state index in [0.29, 0.717) is 49.5 Å². The van der Waals surface area contributed by atoms with Crippen LogP contribution in [-0.4, -0.2) is 65.5 Å². The Hall–Kier alpha value is -1.83. The third-order valence-corrected chi connectivity index (χ3v) is 3.47. The normalized spacial score (nSPS) is 11.2. The topological polar surface area (TPSA) is 84.0 Å². The number of benzene rings is 1. The minimum atomic E-state index is -0.130. The largest absolute Gasteiger partial charge is 0.382 e. The van der Waals surface area contributed by atoms with E-state index in [2.05, 4.69) is 20.9 Å². The van der Waals surface area contributed by atoms with Crippen LogP contribution in [-0.2, 0) is 9.47 Å². The van der Waals surface area contributed by atoms with Gasteiger partial charge in [-0.25, -0.2) is 0 Å². The summed E-state index contributed by atoms with van der Waals surface area (Å²) in [6.45, 7) is 3.70. The van der Waals surface area contributed by atoms with Crippen molar-refractivity contribution in [2.75, 3.05) is 53.6 Å². The van der Waals surface area contributed by atoms with E-state index in [4.69, 9.17) is 21.1 Å². The van der Waals surface area contributed by atoms with Crippen LogP contribution in [0.3, 0.4) is 0 Å². The van der Waals surface area contributed by atoms with Crippen LogP contribution in [0.1, 0.15) is 16.8 Å². The molecule has 1 rings (SSSR count). The molecule has 25 heavy (non-hydrogen) atoms. The molecule has 1 aromatic carbocycles. The number of aliphatic imine (C=N–C) groups is 1. The Morgan fingerprint density at radius 2 is 1.72 bits per heavy atom. The second-order valence-electron chi connectivity index (χ2n) is 5.15. The minimum Gasteiger partial charge on any atom is -0.382 e. The molecular formula is C17H27ClN4O3. The highest BCUT2D eigenvalue weighted by molar-refractivity contribution is 6.30. The van der Waals surface area contributed by atoms with Gasteiger partial charge in [0.25, 0.3) is 5.91 Å². The molecule has 0 aliphatic heterocycles. The molecule has 0 saturated carbocycles. The van der Waals surface area contributed by atoms with Gasteiger partial charge in [-0.15, -0.1) is 0 Å². The van der Waals surface area contributed by atoms with Gasteiger partial charge in [0.2, 0.25) is 0 Å². The second kappa shape index (κ2) is 13.5. The van der Waals surface area contributed by atoms with Gasteiger partial charge in [-0.3, -0.25) is 9.79 Å². The monoisotopic (exact) mass is 370 g/mol. The van der Waals surface area contributed by atoms with Gasteiger partial charge < -0.3 is 25.4 Å². The third kappa shape index (κ3) is 9.91. The number of nitrogens with zero attached hydrogens (tertiary/aromatic N) is 1. The molecule has 0 aliphatic rings. The van der Waals surface area contributed by atoms with Crippen LogP contribution in [0.5, 0.6) is 0 Å². The zero-order valence-electron chi connectivity index (χ0n) is 14.8. The van der Waals surface area contributed by atoms with E-state index in [-0.39, 0.29) is 5.91 Å². The summed E-state index contributed by atoms with van der Waals surface area (Å²) >= 11 is 5.80. The average molecular weight is 371 g/mol. The first-order valence-electron chi connectivity index (χ1n) is 8.22. The van der Waals surface area contributed by atoms with Gasteiger partial charge in [-0.05, 0) is 30.7 Å². The lowest BCUT2D eigenvalue weighted by atomic mass is 10.2. The van der Waals surface area contributed by atoms with Crippen molar-refractivity contribution in [2.24, 2.45) is 4.99 Å². The van der Waals surface area contributed by atoms with Crippen molar-refractivity contribution in [3.63, 3.8) is 0 Å². The van der Waals surface area contributed by atoms with Crippen LogP contribution in [0.25, 0.3) is 0 Å². The van der Waals surface area contributed by atoms with E-state index < -0.39 is 0 Å². The molecule has 0 fully saturated rings. The summed E-state index contributed by atoms with van der Waals surface area (Å²) in [7, 11) is 3.36. The number of amides is 1. The number of rotatable bonds is 11. The molecule has 0 unspecified atom stereocenters. The number of ether oxygens (including phenoxy) is 2. The van der Waals surface area contributed by atoms with E-state index in [1.165, 1.54) is 0 Å². The van der Waals surface area contributed by atoms with E-state index in [1.54, 1.807) is 38.4 Å². The van der Waals surface area contributed by atoms with Crippen molar-refractivity contribution in [3.05, 3.63) is 34.9 Å². The SMILES string of the molecule is CN=C(NCCCOCCOC)NCCNC(=O)c1ccc(Cl)cc1. The fraction of sp³-hybridized carbons (Fsp3) is 0.529. The summed E-state index contributed by atoms with van der Waals surface area (Å²) in [5, 5.41) is 9.77. The summed E-state index contributed by atoms with van der Waals surface area (Å²) in [6.07, 6.45) is 0.873. The number of carbonyl (C=O) groups is 1. The van der Waals surface area contributed by atoms with E-state index in [0.717, 1.165) is 13.0 Å². The van der Waals surface area contributed by atoms with Crippen molar-refractivity contribution in [2.45, 2.75) is 6.42 Å². The molecule has 7 nitrogen and oxygen atoms in total. The second-order valence-corrected chi connectivity index (χ2v) is 5.58. The number of hydrogen-bond acceptors (Lipinski definition) is 4. The Morgan fingerprint density at radius 3 is 2.40 bits per heavy atom. The zero-order valence-corrected chi connectivity index (χ0v) is 15.6. The van der Waals surface area contributed by atoms with Crippen molar-refractivity contribution in [3.8, 4) is 0 Å². The summed E-state index contributed by atoms with van der Waals surface area (Å²) in [5.41, 5.74) is 0.584. The van der Waals surface area contributed by atoms with E-state index in [1.807, 2.05) is 0 Å². The third-order valence-electron chi connectivity index (χ3n) is 3.22. The maximum absolute atomic E-state index is 11.9. The van der Waals surface area contributed by atoms with Crippen molar-refractivity contribution >= 4 is 23.5 Å². The standard InChI is InChI=1S/C17H27ClN4O3/c1-19-17(21-8-3-11-25-13-12-24-2)22-10-9-20-16(23)14-4-6-15(18)7-5-14/h4-7H,3,8-13H2,1-2H3,(H,20,23)(H2,19,21,22). The van der Waals surface area contributed by atoms with Gasteiger partial charge in [0.15, 0.2) is 5.96 Å². The van der Waals surface area contributed by atoms with Crippen molar-refractivity contribution in [1.29, 1.82) is 0 Å². The zero-order chi connectivity index (χ0) is 18.3. The molecule has 0 heterocycles. The Balaban J connectivity index is 2.10. The highest BCUT2D eigenvalue weighted by Crippen LogP contribution is 2.08. The van der Waals surface area contributed by atoms with Gasteiger partial charge in [-0.2, -0.15) is 0 Å². The highest BCUT2D eigenvalue weighted by atomic mass is 35.5. The Bertz CT molecular complexity index is 523. The van der Waals surface area contributed by atoms with Crippen molar-refractivity contribution in [1.82, 2.24) is 16.0 Å². The summed E-state index contributed by atoms with van der Waals surface area (Å²) in [5.74, 6) is 0.562. The number of hydrogen-bond donors (Lipinski definition) is 3. The number of methoxy groups -OCH3 is 1. The molecule has 0 bridgehead atoms. The molecule has 0 atom stereocenters. The Kier molecular flexibility index (Phi) is 11.4. The van der Waals surface area contributed by atoms with Crippen LogP contribution >= 0.6 is 11.6 Å². The number of carbonyl (C=O) groups excluding carboxylic acids is 1. The lowest BCUT2D eigenvalue weighted by molar-refractivity contribution is 0.0698. The van der Waals surface area contributed by atoms with Gasteiger partial charge in [0.1, 0.15) is 0 Å². The predicted octanol–water partition coefficient (Wildman–Crippen LogP) is 1.29. The van der Waals surface area contributed by atoms with Crippen LogP contribution in [0.4, 0.5) is 0 Å². The first-order chi connectivity index (χ1) is 12.2. The molecule has 3 N–H and O–H groups in total. The first-order valence-corrected chi connectivity index (χ1v) is 8.60. The van der Waals surface area contributed by atoms with Gasteiger partial charge in [0.05, 0.1) is 13.2 Å². The molecule has 0 saturated heterocycles. The average Bonchev–Trinajstić information content (AvgIpc) is 2.63. The molecule has 0 radical (unpaired) electrons. The lowest BCUT2D eigenvalue weighted by Gasteiger charge is -2.12. The fourth-order valence-corrected chi connectivity index (χ4v) is 2.03. The van der Waals surface area contributed by atoms with Gasteiger partial charge >= 0.3 is 0 Å². The predicted molar refractivity (Wildman–Crippen MR) is 100 cm³/mol. The minimum absolute atomic E-state index is 0.130. The molecule has 8 heteroatoms. The molecule has 1 aromatic rings.